The number of carbonyl (C=O) groups is 1. The van der Waals surface area contributed by atoms with Crippen LogP contribution in [0.25, 0.3) is 0 Å². The van der Waals surface area contributed by atoms with Gasteiger partial charge in [0.1, 0.15) is 5.75 Å². The molecule has 0 amide bonds. The molecule has 18 heavy (non-hydrogen) atoms. The van der Waals surface area contributed by atoms with Crippen LogP contribution in [0, 0.1) is 0 Å². The standard InChI is InChI=1S/C14H20N2O2/c1-2-7-18-13-8-11(9-15-10-13)14(17)5-6-16-12-3-4-12/h8-10,12,16H,2-7H2,1H3. The van der Waals surface area contributed by atoms with Crippen molar-refractivity contribution >= 4 is 5.78 Å². The predicted octanol–water partition coefficient (Wildman–Crippen LogP) is 2.20. The molecule has 0 atom stereocenters. The molecule has 0 aromatic carbocycles. The van der Waals surface area contributed by atoms with Gasteiger partial charge in [-0.3, -0.25) is 9.78 Å². The van der Waals surface area contributed by atoms with E-state index >= 15 is 0 Å². The maximum atomic E-state index is 11.9. The Hall–Kier alpha value is -1.42. The third-order valence-corrected chi connectivity index (χ3v) is 2.87. The molecule has 1 aliphatic rings. The highest BCUT2D eigenvalue weighted by atomic mass is 16.5. The Balaban J connectivity index is 1.83. The Labute approximate surface area is 108 Å². The lowest BCUT2D eigenvalue weighted by Crippen LogP contribution is -2.20. The molecule has 1 N–H and O–H groups in total. The Morgan fingerprint density at radius 3 is 3.06 bits per heavy atom. The van der Waals surface area contributed by atoms with E-state index in [-0.39, 0.29) is 5.78 Å². The van der Waals surface area contributed by atoms with Gasteiger partial charge in [-0.25, -0.2) is 0 Å². The second-order valence-electron chi connectivity index (χ2n) is 4.66. The maximum Gasteiger partial charge on any atom is 0.165 e. The molecule has 1 saturated carbocycles. The number of ether oxygens (including phenoxy) is 1. The minimum absolute atomic E-state index is 0.123. The SMILES string of the molecule is CCCOc1cncc(C(=O)CCNC2CC2)c1. The molecule has 0 radical (unpaired) electrons. The summed E-state index contributed by atoms with van der Waals surface area (Å²) in [6, 6.07) is 2.43. The molecule has 0 aliphatic heterocycles. The van der Waals surface area contributed by atoms with Crippen LogP contribution in [-0.4, -0.2) is 30.0 Å². The fraction of sp³-hybridized carbons (Fsp3) is 0.571. The zero-order valence-corrected chi connectivity index (χ0v) is 10.8. The number of Topliss-reactive ketones (excluding diaryl/α,β-unsaturated/α-hetero) is 1. The highest BCUT2D eigenvalue weighted by molar-refractivity contribution is 5.96. The minimum Gasteiger partial charge on any atom is -0.492 e. The van der Waals surface area contributed by atoms with E-state index in [0.29, 0.717) is 30.4 Å². The van der Waals surface area contributed by atoms with Gasteiger partial charge in [-0.15, -0.1) is 0 Å². The molecule has 0 unspecified atom stereocenters. The fourth-order valence-electron chi connectivity index (χ4n) is 1.69. The first-order chi connectivity index (χ1) is 8.79. The van der Waals surface area contributed by atoms with Gasteiger partial charge in [0.05, 0.1) is 12.8 Å². The molecule has 98 valence electrons. The number of aromatic nitrogens is 1. The van der Waals surface area contributed by atoms with E-state index in [0.717, 1.165) is 13.0 Å². The number of hydrogen-bond acceptors (Lipinski definition) is 4. The molecular weight excluding hydrogens is 228 g/mol. The second-order valence-corrected chi connectivity index (χ2v) is 4.66. The van der Waals surface area contributed by atoms with E-state index in [1.165, 1.54) is 12.8 Å². The zero-order valence-electron chi connectivity index (χ0n) is 10.8. The molecular formula is C14H20N2O2. The summed E-state index contributed by atoms with van der Waals surface area (Å²) in [4.78, 5) is 16.0. The quantitative estimate of drug-likeness (QED) is 0.716. The Kier molecular flexibility index (Phi) is 4.70. The molecule has 1 heterocycles. The van der Waals surface area contributed by atoms with Gasteiger partial charge >= 0.3 is 0 Å². The van der Waals surface area contributed by atoms with E-state index in [1.54, 1.807) is 18.5 Å². The van der Waals surface area contributed by atoms with E-state index in [2.05, 4.69) is 10.3 Å². The molecule has 0 spiro atoms. The van der Waals surface area contributed by atoms with Gasteiger partial charge in [-0.05, 0) is 25.3 Å². The maximum absolute atomic E-state index is 11.9. The van der Waals surface area contributed by atoms with Crippen LogP contribution >= 0.6 is 0 Å². The van der Waals surface area contributed by atoms with Gasteiger partial charge in [-0.2, -0.15) is 0 Å². The number of pyridine rings is 1. The molecule has 4 nitrogen and oxygen atoms in total. The molecule has 1 aromatic heterocycles. The second kappa shape index (κ2) is 6.50. The van der Waals surface area contributed by atoms with Crippen molar-refractivity contribution in [1.29, 1.82) is 0 Å². The first-order valence-electron chi connectivity index (χ1n) is 6.64. The molecule has 4 heteroatoms. The third-order valence-electron chi connectivity index (χ3n) is 2.87. The highest BCUT2D eigenvalue weighted by Crippen LogP contribution is 2.18. The highest BCUT2D eigenvalue weighted by Gasteiger charge is 2.20. The summed E-state index contributed by atoms with van der Waals surface area (Å²) in [6.07, 6.45) is 7.22. The summed E-state index contributed by atoms with van der Waals surface area (Å²) >= 11 is 0. The van der Waals surface area contributed by atoms with Gasteiger partial charge in [0.25, 0.3) is 0 Å². The van der Waals surface area contributed by atoms with Crippen molar-refractivity contribution in [2.75, 3.05) is 13.2 Å². The lowest BCUT2D eigenvalue weighted by atomic mass is 10.1. The van der Waals surface area contributed by atoms with Crippen molar-refractivity contribution in [2.45, 2.75) is 38.6 Å². The number of nitrogens with zero attached hydrogens (tertiary/aromatic N) is 1. The van der Waals surface area contributed by atoms with Crippen LogP contribution in [-0.2, 0) is 0 Å². The number of carbonyl (C=O) groups excluding carboxylic acids is 1. The zero-order chi connectivity index (χ0) is 12.8. The lowest BCUT2D eigenvalue weighted by Gasteiger charge is -2.06. The summed E-state index contributed by atoms with van der Waals surface area (Å²) in [5.74, 6) is 0.801. The van der Waals surface area contributed by atoms with Crippen LogP contribution < -0.4 is 10.1 Å². The van der Waals surface area contributed by atoms with E-state index in [9.17, 15) is 4.79 Å². The van der Waals surface area contributed by atoms with Crippen LogP contribution in [0.4, 0.5) is 0 Å². The van der Waals surface area contributed by atoms with Gasteiger partial charge in [0.2, 0.25) is 0 Å². The monoisotopic (exact) mass is 248 g/mol. The van der Waals surface area contributed by atoms with E-state index in [1.807, 2.05) is 6.92 Å². The van der Waals surface area contributed by atoms with Gasteiger partial charge < -0.3 is 10.1 Å². The fourth-order valence-corrected chi connectivity index (χ4v) is 1.69. The first-order valence-corrected chi connectivity index (χ1v) is 6.64. The van der Waals surface area contributed by atoms with Crippen molar-refractivity contribution in [2.24, 2.45) is 0 Å². The number of hydrogen-bond donors (Lipinski definition) is 1. The van der Waals surface area contributed by atoms with Crippen molar-refractivity contribution in [3.05, 3.63) is 24.0 Å². The Morgan fingerprint density at radius 1 is 1.50 bits per heavy atom. The van der Waals surface area contributed by atoms with Gasteiger partial charge in [0, 0.05) is 30.8 Å². The van der Waals surface area contributed by atoms with E-state index < -0.39 is 0 Å². The summed E-state index contributed by atoms with van der Waals surface area (Å²) in [6.45, 7) is 3.46. The van der Waals surface area contributed by atoms with Crippen molar-refractivity contribution in [3.63, 3.8) is 0 Å². The number of ketones is 1. The molecule has 0 saturated heterocycles. The van der Waals surface area contributed by atoms with Crippen molar-refractivity contribution < 1.29 is 9.53 Å². The largest absolute Gasteiger partial charge is 0.492 e. The van der Waals surface area contributed by atoms with Crippen LogP contribution in [0.5, 0.6) is 5.75 Å². The average molecular weight is 248 g/mol. The summed E-state index contributed by atoms with van der Waals surface area (Å²) in [5.41, 5.74) is 0.640. The van der Waals surface area contributed by atoms with Gasteiger partial charge in [0.15, 0.2) is 5.78 Å². The van der Waals surface area contributed by atoms with Crippen LogP contribution in [0.3, 0.4) is 0 Å². The average Bonchev–Trinajstić information content (AvgIpc) is 3.20. The summed E-state index contributed by atoms with van der Waals surface area (Å²) < 4.78 is 5.47. The van der Waals surface area contributed by atoms with Crippen LogP contribution in [0.1, 0.15) is 43.0 Å². The molecule has 1 aromatic rings. The molecule has 1 aliphatic carbocycles. The van der Waals surface area contributed by atoms with Crippen LogP contribution in [0.2, 0.25) is 0 Å². The van der Waals surface area contributed by atoms with Crippen molar-refractivity contribution in [1.82, 2.24) is 10.3 Å². The van der Waals surface area contributed by atoms with Crippen LogP contribution in [0.15, 0.2) is 18.5 Å². The minimum atomic E-state index is 0.123. The van der Waals surface area contributed by atoms with Gasteiger partial charge in [-0.1, -0.05) is 6.92 Å². The topological polar surface area (TPSA) is 51.2 Å². The smallest absolute Gasteiger partial charge is 0.165 e. The number of rotatable bonds is 8. The third kappa shape index (κ3) is 4.11. The molecule has 1 fully saturated rings. The normalized spacial score (nSPS) is 14.5. The lowest BCUT2D eigenvalue weighted by molar-refractivity contribution is 0.0981. The molecule has 2 rings (SSSR count). The van der Waals surface area contributed by atoms with E-state index in [4.69, 9.17) is 4.74 Å². The summed E-state index contributed by atoms with van der Waals surface area (Å²) in [7, 11) is 0. The van der Waals surface area contributed by atoms with Crippen molar-refractivity contribution in [3.8, 4) is 5.75 Å². The predicted molar refractivity (Wildman–Crippen MR) is 70.0 cm³/mol. The number of nitrogens with one attached hydrogen (secondary N) is 1. The summed E-state index contributed by atoms with van der Waals surface area (Å²) in [5, 5.41) is 3.33. The Morgan fingerprint density at radius 2 is 2.33 bits per heavy atom. The first kappa shape index (κ1) is 13.0. The Bertz CT molecular complexity index is 403. The molecule has 0 bridgehead atoms.